The average Bonchev–Trinajstić information content (AvgIpc) is 3.05. The first kappa shape index (κ1) is 13.9. The molecule has 0 amide bonds. The van der Waals surface area contributed by atoms with E-state index >= 15 is 0 Å². The van der Waals surface area contributed by atoms with E-state index in [9.17, 15) is 8.42 Å². The molecule has 0 radical (unpaired) electrons. The predicted molar refractivity (Wildman–Crippen MR) is 82.1 cm³/mol. The van der Waals surface area contributed by atoms with Crippen LogP contribution in [0.3, 0.4) is 0 Å². The minimum Gasteiger partial charge on any atom is -0.384 e. The van der Waals surface area contributed by atoms with Crippen molar-refractivity contribution in [1.82, 2.24) is 9.78 Å². The van der Waals surface area contributed by atoms with Crippen molar-refractivity contribution in [2.45, 2.75) is 31.2 Å². The minimum absolute atomic E-state index is 0.189. The number of anilines is 2. The molecule has 2 aromatic rings. The Kier molecular flexibility index (Phi) is 3.36. The summed E-state index contributed by atoms with van der Waals surface area (Å²) in [7, 11) is -3.58. The molecule has 3 rings (SSSR count). The maximum atomic E-state index is 12.4. The molecule has 0 saturated heterocycles. The Morgan fingerprint density at radius 3 is 2.90 bits per heavy atom. The quantitative estimate of drug-likeness (QED) is 0.908. The zero-order valence-electron chi connectivity index (χ0n) is 12.0. The summed E-state index contributed by atoms with van der Waals surface area (Å²) in [5, 5.41) is 7.35. The second kappa shape index (κ2) is 5.07. The molecular formula is C14H18N4O2S. The lowest BCUT2D eigenvalue weighted by molar-refractivity contribution is 0.532. The molecule has 1 aliphatic rings. The molecule has 7 heteroatoms. The highest BCUT2D eigenvalue weighted by molar-refractivity contribution is 7.92. The lowest BCUT2D eigenvalue weighted by Crippen LogP contribution is -2.12. The van der Waals surface area contributed by atoms with Gasteiger partial charge in [-0.15, -0.1) is 0 Å². The van der Waals surface area contributed by atoms with E-state index in [1.165, 1.54) is 6.20 Å². The number of aromatic nitrogens is 2. The monoisotopic (exact) mass is 306 g/mol. The van der Waals surface area contributed by atoms with Crippen LogP contribution in [0.25, 0.3) is 0 Å². The topological polar surface area (TPSA) is 76.0 Å². The van der Waals surface area contributed by atoms with Crippen LogP contribution in [-0.4, -0.2) is 24.7 Å². The number of sulfonamides is 1. The molecule has 2 N–H and O–H groups in total. The van der Waals surface area contributed by atoms with Gasteiger partial charge >= 0.3 is 0 Å². The van der Waals surface area contributed by atoms with Crippen molar-refractivity contribution in [1.29, 1.82) is 0 Å². The summed E-state index contributed by atoms with van der Waals surface area (Å²) in [6, 6.07) is 5.35. The smallest absolute Gasteiger partial charge is 0.262 e. The highest BCUT2D eigenvalue weighted by Crippen LogP contribution is 2.26. The van der Waals surface area contributed by atoms with Gasteiger partial charge in [0, 0.05) is 24.5 Å². The number of fused-ring (bicyclic) bond motifs is 1. The zero-order valence-corrected chi connectivity index (χ0v) is 12.8. The van der Waals surface area contributed by atoms with Gasteiger partial charge in [0.15, 0.2) is 0 Å². The maximum Gasteiger partial charge on any atom is 0.262 e. The van der Waals surface area contributed by atoms with Crippen molar-refractivity contribution >= 4 is 21.4 Å². The average molecular weight is 306 g/mol. The van der Waals surface area contributed by atoms with Crippen LogP contribution in [0.1, 0.15) is 25.5 Å². The summed E-state index contributed by atoms with van der Waals surface area (Å²) in [5.41, 5.74) is 2.53. The third-order valence-corrected chi connectivity index (χ3v) is 4.86. The second-order valence-corrected chi connectivity index (χ2v) is 7.09. The van der Waals surface area contributed by atoms with Crippen molar-refractivity contribution in [3.8, 4) is 0 Å². The standard InChI is InChI=1S/C14H18N4O2S/c1-10(2)18-9-12(8-16-18)17-21(19,20)13-3-4-14-11(7-13)5-6-15-14/h3-4,7-10,15,17H,5-6H2,1-2H3. The van der Waals surface area contributed by atoms with Crippen molar-refractivity contribution < 1.29 is 8.42 Å². The van der Waals surface area contributed by atoms with Crippen molar-refractivity contribution in [2.24, 2.45) is 0 Å². The Morgan fingerprint density at radius 1 is 1.38 bits per heavy atom. The fourth-order valence-corrected chi connectivity index (χ4v) is 3.41. The molecule has 0 aliphatic carbocycles. The normalized spacial score (nSPS) is 14.0. The van der Waals surface area contributed by atoms with Gasteiger partial charge in [0.2, 0.25) is 0 Å². The Balaban J connectivity index is 1.86. The van der Waals surface area contributed by atoms with E-state index in [1.807, 2.05) is 19.9 Å². The molecule has 6 nitrogen and oxygen atoms in total. The minimum atomic E-state index is -3.58. The summed E-state index contributed by atoms with van der Waals surface area (Å²) in [4.78, 5) is 0.280. The molecule has 0 spiro atoms. The first-order chi connectivity index (χ1) is 9.95. The SMILES string of the molecule is CC(C)n1cc(NS(=O)(=O)c2ccc3c(c2)CCN3)cn1. The first-order valence-corrected chi connectivity index (χ1v) is 8.38. The fraction of sp³-hybridized carbons (Fsp3) is 0.357. The summed E-state index contributed by atoms with van der Waals surface area (Å²) >= 11 is 0. The predicted octanol–water partition coefficient (Wildman–Crippen LogP) is 2.23. The number of hydrogen-bond donors (Lipinski definition) is 2. The van der Waals surface area contributed by atoms with Gasteiger partial charge in [-0.25, -0.2) is 8.42 Å². The first-order valence-electron chi connectivity index (χ1n) is 6.89. The largest absolute Gasteiger partial charge is 0.384 e. The summed E-state index contributed by atoms with van der Waals surface area (Å²) < 4.78 is 29.1. The van der Waals surface area contributed by atoms with E-state index < -0.39 is 10.0 Å². The van der Waals surface area contributed by atoms with Gasteiger partial charge in [-0.1, -0.05) is 0 Å². The lowest BCUT2D eigenvalue weighted by Gasteiger charge is -2.08. The number of rotatable bonds is 4. The Bertz CT molecular complexity index is 765. The van der Waals surface area contributed by atoms with E-state index in [4.69, 9.17) is 0 Å². The number of benzene rings is 1. The molecule has 0 atom stereocenters. The number of nitrogens with one attached hydrogen (secondary N) is 2. The van der Waals surface area contributed by atoms with Crippen molar-refractivity contribution in [3.63, 3.8) is 0 Å². The Labute approximate surface area is 124 Å². The lowest BCUT2D eigenvalue weighted by atomic mass is 10.2. The van der Waals surface area contributed by atoms with Crippen LogP contribution in [0.2, 0.25) is 0 Å². The van der Waals surface area contributed by atoms with E-state index in [0.717, 1.165) is 24.2 Å². The van der Waals surface area contributed by atoms with E-state index in [2.05, 4.69) is 15.1 Å². The van der Waals surface area contributed by atoms with Crippen LogP contribution < -0.4 is 10.0 Å². The Morgan fingerprint density at radius 2 is 2.19 bits per heavy atom. The van der Waals surface area contributed by atoms with E-state index in [0.29, 0.717) is 5.69 Å². The summed E-state index contributed by atoms with van der Waals surface area (Å²) in [5.74, 6) is 0. The molecule has 0 saturated carbocycles. The molecule has 21 heavy (non-hydrogen) atoms. The van der Waals surface area contributed by atoms with Crippen LogP contribution in [0.5, 0.6) is 0 Å². The molecule has 1 aliphatic heterocycles. The van der Waals surface area contributed by atoms with Gasteiger partial charge in [0.25, 0.3) is 10.0 Å². The Hall–Kier alpha value is -2.02. The molecule has 0 bridgehead atoms. The van der Waals surface area contributed by atoms with Crippen LogP contribution in [0.15, 0.2) is 35.5 Å². The number of nitrogens with zero attached hydrogens (tertiary/aromatic N) is 2. The molecule has 112 valence electrons. The van der Waals surface area contributed by atoms with Gasteiger partial charge < -0.3 is 5.32 Å². The molecule has 0 unspecified atom stereocenters. The molecule has 1 aromatic heterocycles. The third kappa shape index (κ3) is 2.73. The summed E-state index contributed by atoms with van der Waals surface area (Å²) in [6.45, 7) is 4.82. The van der Waals surface area contributed by atoms with Crippen LogP contribution >= 0.6 is 0 Å². The van der Waals surface area contributed by atoms with Gasteiger partial charge in [-0.2, -0.15) is 5.10 Å². The van der Waals surface area contributed by atoms with Crippen molar-refractivity contribution in [2.75, 3.05) is 16.6 Å². The second-order valence-electron chi connectivity index (χ2n) is 5.40. The maximum absolute atomic E-state index is 12.4. The highest BCUT2D eigenvalue weighted by Gasteiger charge is 2.19. The van der Waals surface area contributed by atoms with Crippen LogP contribution in [-0.2, 0) is 16.4 Å². The van der Waals surface area contributed by atoms with Gasteiger partial charge in [-0.05, 0) is 44.0 Å². The molecular weight excluding hydrogens is 288 g/mol. The van der Waals surface area contributed by atoms with Gasteiger partial charge in [0.05, 0.1) is 16.8 Å². The van der Waals surface area contributed by atoms with E-state index in [1.54, 1.807) is 23.0 Å². The molecule has 0 fully saturated rings. The third-order valence-electron chi connectivity index (χ3n) is 3.48. The summed E-state index contributed by atoms with van der Waals surface area (Å²) in [6.07, 6.45) is 4.06. The fourth-order valence-electron chi connectivity index (χ4n) is 2.34. The van der Waals surface area contributed by atoms with Gasteiger partial charge in [-0.3, -0.25) is 9.40 Å². The van der Waals surface area contributed by atoms with Crippen LogP contribution in [0, 0.1) is 0 Å². The highest BCUT2D eigenvalue weighted by atomic mass is 32.2. The molecule has 1 aromatic carbocycles. The van der Waals surface area contributed by atoms with Crippen LogP contribution in [0.4, 0.5) is 11.4 Å². The van der Waals surface area contributed by atoms with Gasteiger partial charge in [0.1, 0.15) is 0 Å². The number of hydrogen-bond acceptors (Lipinski definition) is 4. The molecule has 2 heterocycles. The zero-order chi connectivity index (χ0) is 15.0. The van der Waals surface area contributed by atoms with E-state index in [-0.39, 0.29) is 10.9 Å². The van der Waals surface area contributed by atoms with Crippen molar-refractivity contribution in [3.05, 3.63) is 36.2 Å².